The van der Waals surface area contributed by atoms with Gasteiger partial charge >= 0.3 is 41.5 Å². The van der Waals surface area contributed by atoms with E-state index in [1.165, 1.54) is 57.7 Å². The third kappa shape index (κ3) is 9.46. The zero-order chi connectivity index (χ0) is 42.2. The van der Waals surface area contributed by atoms with Gasteiger partial charge in [0.1, 0.15) is 27.8 Å². The summed E-state index contributed by atoms with van der Waals surface area (Å²) in [5.41, 5.74) is 5.94. The van der Waals surface area contributed by atoms with E-state index in [-0.39, 0.29) is 92.7 Å². The molecule has 2 amide bonds. The predicted molar refractivity (Wildman–Crippen MR) is 218 cm³/mol. The summed E-state index contributed by atoms with van der Waals surface area (Å²) in [5, 5.41) is 50.9. The molecule has 0 bridgehead atoms. The molecule has 1 aromatic carbocycles. The van der Waals surface area contributed by atoms with Gasteiger partial charge in [0.15, 0.2) is 34.8 Å². The second-order valence-electron chi connectivity index (χ2n) is 12.8. The van der Waals surface area contributed by atoms with Crippen molar-refractivity contribution >= 4 is 115 Å². The van der Waals surface area contributed by atoms with Crippen LogP contribution in [-0.4, -0.2) is 152 Å². The van der Waals surface area contributed by atoms with E-state index in [0.29, 0.717) is 16.3 Å². The van der Waals surface area contributed by atoms with E-state index in [2.05, 4.69) is 30.5 Å². The van der Waals surface area contributed by atoms with E-state index in [0.717, 1.165) is 28.4 Å². The van der Waals surface area contributed by atoms with Crippen LogP contribution in [-0.2, 0) is 40.4 Å². The molecule has 3 aliphatic rings. The number of allylic oxidation sites excluding steroid dienone is 1. The summed E-state index contributed by atoms with van der Waals surface area (Å²) in [6, 6.07) is 3.98. The molecule has 0 radical (unpaired) electrons. The number of benzene rings is 1. The molecule has 7 N–H and O–H groups in total. The Hall–Kier alpha value is -5.02. The van der Waals surface area contributed by atoms with Crippen LogP contribution in [0.15, 0.2) is 74.2 Å². The van der Waals surface area contributed by atoms with Gasteiger partial charge in [-0.3, -0.25) is 14.5 Å². The number of phenols is 2. The van der Waals surface area contributed by atoms with Gasteiger partial charge in [-0.2, -0.15) is 9.50 Å². The fraction of sp³-hybridized carbons (Fsp3) is 0.265. The summed E-state index contributed by atoms with van der Waals surface area (Å²) in [6.07, 6.45) is 3.14. The number of carboxylic acids is 1. The topological polar surface area (TPSA) is 311 Å². The number of nitrogens with zero attached hydrogens (tertiary/aromatic N) is 7. The second-order valence-corrected chi connectivity index (χ2v) is 17.7. The number of aromatic hydroxyl groups is 2. The number of amides is 2. The summed E-state index contributed by atoms with van der Waals surface area (Å²) in [4.78, 5) is 71.0. The van der Waals surface area contributed by atoms with Gasteiger partial charge in [0.25, 0.3) is 17.6 Å². The Kier molecular flexibility index (Phi) is 13.6. The van der Waals surface area contributed by atoms with E-state index in [1.807, 2.05) is 0 Å². The Balaban J connectivity index is 0.00000604. The zero-order valence-electron chi connectivity index (χ0n) is 30.3. The molecular formula is C34H32N9NaO12S4. The van der Waals surface area contributed by atoms with Crippen molar-refractivity contribution in [1.29, 1.82) is 0 Å². The number of carbonyl (C=O) groups excluding carboxylic acids is 3. The van der Waals surface area contributed by atoms with Crippen molar-refractivity contribution in [2.45, 2.75) is 42.5 Å². The molecule has 0 spiro atoms. The van der Waals surface area contributed by atoms with Crippen LogP contribution in [0.5, 0.6) is 11.5 Å². The van der Waals surface area contributed by atoms with Gasteiger partial charge in [0.05, 0.1) is 16.6 Å². The molecule has 1 unspecified atom stereocenters. The Bertz CT molecular complexity index is 2650. The van der Waals surface area contributed by atoms with Gasteiger partial charge in [0, 0.05) is 22.6 Å². The number of nitrogens with one attached hydrogen (secondary N) is 1. The quantitative estimate of drug-likeness (QED) is 0.0146. The fourth-order valence-electron chi connectivity index (χ4n) is 5.84. The maximum atomic E-state index is 13.5. The standard InChI is InChI=1S/C34H31N9O12S4.Na.H/c1-15-8-24(43-34(36-15)38-23(40-43)10-54-32(51)16-2-7-21(45)22(46)9-16)56-11-17-12-57-30-26(29(48)42(30)27(17)31(49)50)39-28(47)25(20-13-58-33(35)37-20)41-55-14-59(52,53)19-5-3-18(44)4-6-19;;/h2-3,5-9,13,18,26,30,44-46H,4,10-12,14H2,1H3,(H2,35,37)(H,39,47)(H,49,50);;/b41-25-;;/t18?,26-,30-;;/m1../s1. The van der Waals surface area contributed by atoms with Gasteiger partial charge in [-0.15, -0.1) is 40.0 Å². The van der Waals surface area contributed by atoms with Crippen LogP contribution in [0.25, 0.3) is 5.78 Å². The molecule has 4 aromatic rings. The Morgan fingerprint density at radius 2 is 1.93 bits per heavy atom. The van der Waals surface area contributed by atoms with E-state index in [4.69, 9.17) is 15.3 Å². The number of β-lactam (4-membered cyclic amide) rings is 1. The summed E-state index contributed by atoms with van der Waals surface area (Å²) < 4.78 is 32.2. The van der Waals surface area contributed by atoms with Gasteiger partial charge in [-0.25, -0.2) is 28.0 Å². The van der Waals surface area contributed by atoms with Crippen molar-refractivity contribution in [3.05, 3.63) is 86.8 Å². The number of carboxylic acid groups (broad SMARTS) is 1. The summed E-state index contributed by atoms with van der Waals surface area (Å²) in [5.74, 6) is -5.13. The average Bonchev–Trinajstić information content (AvgIpc) is 3.82. The Labute approximate surface area is 373 Å². The predicted octanol–water partition coefficient (Wildman–Crippen LogP) is 0.420. The molecule has 310 valence electrons. The van der Waals surface area contributed by atoms with E-state index >= 15 is 0 Å². The van der Waals surface area contributed by atoms with Crippen LogP contribution >= 0.6 is 34.9 Å². The molecule has 3 aromatic heterocycles. The van der Waals surface area contributed by atoms with Gasteiger partial charge in [0.2, 0.25) is 15.8 Å². The number of hydrogen-bond donors (Lipinski definition) is 6. The number of thiazole rings is 1. The number of aryl methyl sites for hydroxylation is 1. The Morgan fingerprint density at radius 3 is 2.62 bits per heavy atom. The summed E-state index contributed by atoms with van der Waals surface area (Å²) >= 11 is 3.39. The number of fused-ring (bicyclic) bond motifs is 2. The number of oxime groups is 1. The van der Waals surface area contributed by atoms with Crippen LogP contribution in [0, 0.1) is 6.92 Å². The molecule has 1 saturated heterocycles. The molecule has 60 heavy (non-hydrogen) atoms. The molecule has 3 atom stereocenters. The number of aromatic nitrogens is 5. The van der Waals surface area contributed by atoms with Crippen molar-refractivity contribution in [3.63, 3.8) is 0 Å². The fourth-order valence-corrected chi connectivity index (χ4v) is 9.88. The molecule has 7 rings (SSSR count). The molecule has 1 aliphatic carbocycles. The van der Waals surface area contributed by atoms with Crippen LogP contribution < -0.4 is 11.1 Å². The van der Waals surface area contributed by atoms with Gasteiger partial charge in [-0.05, 0) is 49.3 Å². The number of hydrogen-bond acceptors (Lipinski definition) is 20. The van der Waals surface area contributed by atoms with Crippen molar-refractivity contribution in [1.82, 2.24) is 34.8 Å². The zero-order valence-corrected chi connectivity index (χ0v) is 33.5. The van der Waals surface area contributed by atoms with Crippen LogP contribution in [0.3, 0.4) is 0 Å². The number of esters is 1. The van der Waals surface area contributed by atoms with Crippen molar-refractivity contribution in [3.8, 4) is 11.5 Å². The SMILES string of the molecule is Cc1cc(SCC2=C(C(=O)O)N3C(=O)[C@@H](NC(=O)/C(=N\OCS(=O)(=O)C4=CCC(O)C=C4)c4csc(N)n4)[C@H]3SC2)n2nc(COC(=O)c3ccc(O)c(O)c3)nc2n1.[NaH]. The number of aliphatic hydroxyl groups excluding tert-OH is 1. The van der Waals surface area contributed by atoms with E-state index < -0.39 is 74.3 Å². The number of nitrogen functional groups attached to an aromatic ring is 1. The van der Waals surface area contributed by atoms with Crippen LogP contribution in [0.4, 0.5) is 5.13 Å². The Morgan fingerprint density at radius 1 is 1.15 bits per heavy atom. The number of aliphatic carboxylic acids is 1. The third-order valence-corrected chi connectivity index (χ3v) is 13.2. The average molecular weight is 910 g/mol. The number of carbonyl (C=O) groups is 4. The molecule has 26 heteroatoms. The summed E-state index contributed by atoms with van der Waals surface area (Å²) in [7, 11) is -4.02. The first-order chi connectivity index (χ1) is 28.1. The molecule has 2 aliphatic heterocycles. The van der Waals surface area contributed by atoms with Crippen LogP contribution in [0.1, 0.15) is 34.0 Å². The number of phenolic OH excluding ortho intramolecular Hbond substituents is 2. The van der Waals surface area contributed by atoms with Crippen molar-refractivity contribution in [2.75, 3.05) is 23.2 Å². The number of aliphatic hydroxyl groups is 1. The molecule has 21 nitrogen and oxygen atoms in total. The summed E-state index contributed by atoms with van der Waals surface area (Å²) in [6.45, 7) is 1.37. The molecule has 0 saturated carbocycles. The second kappa shape index (κ2) is 18.3. The van der Waals surface area contributed by atoms with Crippen LogP contribution in [0.2, 0.25) is 0 Å². The number of rotatable bonds is 14. The number of sulfone groups is 1. The first-order valence-corrected chi connectivity index (χ1v) is 21.6. The molecule has 5 heterocycles. The first kappa shape index (κ1) is 44.5. The minimum atomic E-state index is -4.02. The minimum absolute atomic E-state index is 0. The van der Waals surface area contributed by atoms with Gasteiger partial charge in [-0.1, -0.05) is 17.3 Å². The molecule has 1 fully saturated rings. The van der Waals surface area contributed by atoms with E-state index in [1.54, 1.807) is 13.0 Å². The third-order valence-electron chi connectivity index (χ3n) is 8.67. The van der Waals surface area contributed by atoms with Crippen molar-refractivity contribution < 1.29 is 57.6 Å². The number of nitrogens with two attached hydrogens (primary N) is 1. The maximum absolute atomic E-state index is 13.5. The normalized spacial score (nSPS) is 18.9. The molecular weight excluding hydrogens is 878 g/mol. The number of thioether (sulfide) groups is 2. The van der Waals surface area contributed by atoms with Crippen molar-refractivity contribution in [2.24, 2.45) is 5.16 Å². The monoisotopic (exact) mass is 909 g/mol. The number of ether oxygens (including phenoxy) is 1. The number of anilines is 1. The van der Waals surface area contributed by atoms with E-state index in [9.17, 15) is 48.0 Å². The van der Waals surface area contributed by atoms with Gasteiger partial charge < -0.3 is 41.1 Å². The first-order valence-electron chi connectivity index (χ1n) is 17.1.